The SMILES string of the molecule is Cc1nc2c(C#N)cnn2c(C)c1CCC(=O)NCC1Cc2ccccc2O1. The monoisotopic (exact) mass is 375 g/mol. The number of hydrogen-bond donors (Lipinski definition) is 1. The van der Waals surface area contributed by atoms with E-state index in [-0.39, 0.29) is 12.0 Å². The lowest BCUT2D eigenvalue weighted by molar-refractivity contribution is -0.121. The van der Waals surface area contributed by atoms with Crippen LogP contribution in [0.25, 0.3) is 5.65 Å². The summed E-state index contributed by atoms with van der Waals surface area (Å²) in [5.74, 6) is 0.889. The molecule has 3 heterocycles. The molecule has 0 saturated carbocycles. The number of hydrogen-bond acceptors (Lipinski definition) is 5. The lowest BCUT2D eigenvalue weighted by atomic mass is 10.1. The minimum Gasteiger partial charge on any atom is -0.488 e. The summed E-state index contributed by atoms with van der Waals surface area (Å²) >= 11 is 0. The van der Waals surface area contributed by atoms with E-state index in [9.17, 15) is 4.79 Å². The van der Waals surface area contributed by atoms with Crippen molar-refractivity contribution in [2.24, 2.45) is 0 Å². The number of ether oxygens (including phenoxy) is 1. The van der Waals surface area contributed by atoms with E-state index in [2.05, 4.69) is 27.5 Å². The van der Waals surface area contributed by atoms with Gasteiger partial charge in [0.25, 0.3) is 0 Å². The van der Waals surface area contributed by atoms with E-state index in [0.29, 0.717) is 30.6 Å². The first kappa shape index (κ1) is 18.0. The predicted molar refractivity (Wildman–Crippen MR) is 103 cm³/mol. The van der Waals surface area contributed by atoms with Crippen LogP contribution in [-0.2, 0) is 17.6 Å². The molecule has 0 aliphatic carbocycles. The molecule has 1 aliphatic heterocycles. The smallest absolute Gasteiger partial charge is 0.220 e. The van der Waals surface area contributed by atoms with E-state index in [1.54, 1.807) is 4.52 Å². The van der Waals surface area contributed by atoms with Crippen molar-refractivity contribution in [3.63, 3.8) is 0 Å². The second kappa shape index (κ2) is 7.31. The predicted octanol–water partition coefficient (Wildman–Crippen LogP) is 2.27. The average molecular weight is 375 g/mol. The Kier molecular flexibility index (Phi) is 4.70. The van der Waals surface area contributed by atoms with Crippen molar-refractivity contribution in [3.8, 4) is 11.8 Å². The molecule has 28 heavy (non-hydrogen) atoms. The Bertz CT molecular complexity index is 1070. The number of aryl methyl sites for hydroxylation is 2. The fourth-order valence-corrected chi connectivity index (χ4v) is 3.67. The summed E-state index contributed by atoms with van der Waals surface area (Å²) in [4.78, 5) is 16.8. The number of carbonyl (C=O) groups is 1. The van der Waals surface area contributed by atoms with Gasteiger partial charge in [-0.2, -0.15) is 10.4 Å². The van der Waals surface area contributed by atoms with E-state index in [1.165, 1.54) is 11.8 Å². The molecule has 2 aromatic heterocycles. The highest BCUT2D eigenvalue weighted by atomic mass is 16.5. The third-order valence-electron chi connectivity index (χ3n) is 5.17. The number of benzene rings is 1. The van der Waals surface area contributed by atoms with Gasteiger partial charge in [0, 0.05) is 24.2 Å². The van der Waals surface area contributed by atoms with Crippen LogP contribution in [0.3, 0.4) is 0 Å². The first-order chi connectivity index (χ1) is 13.6. The van der Waals surface area contributed by atoms with Gasteiger partial charge in [-0.1, -0.05) is 18.2 Å². The van der Waals surface area contributed by atoms with Crippen molar-refractivity contribution in [1.82, 2.24) is 19.9 Å². The molecule has 0 saturated heterocycles. The summed E-state index contributed by atoms with van der Waals surface area (Å²) in [6, 6.07) is 10.1. The standard InChI is InChI=1S/C21H21N5O2/c1-13-18(14(2)26-21(25-13)16(10-22)11-24-26)7-8-20(27)23-12-17-9-15-5-3-4-6-19(15)28-17/h3-6,11,17H,7-9,12H2,1-2H3,(H,23,27). The van der Waals surface area contributed by atoms with Crippen LogP contribution < -0.4 is 10.1 Å². The molecule has 7 nitrogen and oxygen atoms in total. The molecular weight excluding hydrogens is 354 g/mol. The van der Waals surface area contributed by atoms with Gasteiger partial charge in [-0.3, -0.25) is 4.79 Å². The zero-order chi connectivity index (χ0) is 19.7. The molecule has 1 aromatic carbocycles. The quantitative estimate of drug-likeness (QED) is 0.738. The molecule has 0 bridgehead atoms. The molecule has 1 N–H and O–H groups in total. The largest absolute Gasteiger partial charge is 0.488 e. The van der Waals surface area contributed by atoms with Crippen LogP contribution in [0, 0.1) is 25.2 Å². The van der Waals surface area contributed by atoms with Crippen LogP contribution in [0.2, 0.25) is 0 Å². The van der Waals surface area contributed by atoms with Crippen LogP contribution >= 0.6 is 0 Å². The number of fused-ring (bicyclic) bond motifs is 2. The summed E-state index contributed by atoms with van der Waals surface area (Å²) in [5, 5.41) is 16.4. The molecule has 1 aliphatic rings. The fourth-order valence-electron chi connectivity index (χ4n) is 3.67. The van der Waals surface area contributed by atoms with Crippen LogP contribution in [0.1, 0.15) is 34.5 Å². The molecule has 0 spiro atoms. The van der Waals surface area contributed by atoms with Gasteiger partial charge in [-0.05, 0) is 37.5 Å². The minimum absolute atomic E-state index is 0.0170. The molecule has 1 amide bonds. The molecular formula is C21H21N5O2. The van der Waals surface area contributed by atoms with Crippen molar-refractivity contribution in [2.75, 3.05) is 6.54 Å². The van der Waals surface area contributed by atoms with E-state index < -0.39 is 0 Å². The van der Waals surface area contributed by atoms with Gasteiger partial charge in [0.15, 0.2) is 5.65 Å². The molecule has 3 aromatic rings. The zero-order valence-electron chi connectivity index (χ0n) is 15.9. The van der Waals surface area contributed by atoms with E-state index in [4.69, 9.17) is 10.00 Å². The van der Waals surface area contributed by atoms with E-state index in [1.807, 2.05) is 32.0 Å². The van der Waals surface area contributed by atoms with Crippen molar-refractivity contribution < 1.29 is 9.53 Å². The number of nitrogens with one attached hydrogen (secondary N) is 1. The van der Waals surface area contributed by atoms with Crippen LogP contribution in [0.15, 0.2) is 30.5 Å². The molecule has 142 valence electrons. The Morgan fingerprint density at radius 2 is 2.21 bits per heavy atom. The highest BCUT2D eigenvalue weighted by molar-refractivity contribution is 5.76. The third kappa shape index (κ3) is 3.29. The molecule has 1 atom stereocenters. The van der Waals surface area contributed by atoms with Crippen LogP contribution in [0.4, 0.5) is 0 Å². The molecule has 0 radical (unpaired) electrons. The number of nitrogens with zero attached hydrogens (tertiary/aromatic N) is 4. The first-order valence-electron chi connectivity index (χ1n) is 9.32. The number of rotatable bonds is 5. The Morgan fingerprint density at radius 1 is 1.39 bits per heavy atom. The number of amides is 1. The van der Waals surface area contributed by atoms with Crippen molar-refractivity contribution >= 4 is 11.6 Å². The normalized spacial score (nSPS) is 15.1. The second-order valence-electron chi connectivity index (χ2n) is 7.02. The number of aromatic nitrogens is 3. The van der Waals surface area contributed by atoms with E-state index >= 15 is 0 Å². The van der Waals surface area contributed by atoms with Gasteiger partial charge in [-0.15, -0.1) is 0 Å². The number of para-hydroxylation sites is 1. The van der Waals surface area contributed by atoms with Gasteiger partial charge < -0.3 is 10.1 Å². The van der Waals surface area contributed by atoms with Gasteiger partial charge in [0.1, 0.15) is 23.5 Å². The van der Waals surface area contributed by atoms with Gasteiger partial charge in [-0.25, -0.2) is 9.50 Å². The third-order valence-corrected chi connectivity index (χ3v) is 5.17. The van der Waals surface area contributed by atoms with Crippen LogP contribution in [-0.4, -0.2) is 33.2 Å². The maximum Gasteiger partial charge on any atom is 0.220 e. The lowest BCUT2D eigenvalue weighted by Crippen LogP contribution is -2.34. The summed E-state index contributed by atoms with van der Waals surface area (Å²) in [6.07, 6.45) is 3.25. The Balaban J connectivity index is 1.36. The first-order valence-corrected chi connectivity index (χ1v) is 9.32. The second-order valence-corrected chi connectivity index (χ2v) is 7.02. The molecule has 1 unspecified atom stereocenters. The van der Waals surface area contributed by atoms with Gasteiger partial charge in [0.05, 0.1) is 12.7 Å². The summed E-state index contributed by atoms with van der Waals surface area (Å²) in [7, 11) is 0. The molecule has 7 heteroatoms. The molecule has 4 rings (SSSR count). The Hall–Kier alpha value is -3.40. The van der Waals surface area contributed by atoms with Gasteiger partial charge >= 0.3 is 0 Å². The minimum atomic E-state index is -0.0173. The topological polar surface area (TPSA) is 92.3 Å². The zero-order valence-corrected chi connectivity index (χ0v) is 15.9. The highest BCUT2D eigenvalue weighted by Crippen LogP contribution is 2.27. The van der Waals surface area contributed by atoms with Crippen molar-refractivity contribution in [2.45, 2.75) is 39.2 Å². The lowest BCUT2D eigenvalue weighted by Gasteiger charge is -2.13. The summed E-state index contributed by atoms with van der Waals surface area (Å²) in [6.45, 7) is 4.33. The maximum atomic E-state index is 12.3. The summed E-state index contributed by atoms with van der Waals surface area (Å²) in [5.41, 5.74) is 4.91. The Labute approximate surface area is 163 Å². The fraction of sp³-hybridized carbons (Fsp3) is 0.333. The average Bonchev–Trinajstić information content (AvgIpc) is 3.29. The van der Waals surface area contributed by atoms with Crippen molar-refractivity contribution in [3.05, 3.63) is 58.5 Å². The van der Waals surface area contributed by atoms with Crippen molar-refractivity contribution in [1.29, 1.82) is 5.26 Å². The maximum absolute atomic E-state index is 12.3. The summed E-state index contributed by atoms with van der Waals surface area (Å²) < 4.78 is 7.53. The van der Waals surface area contributed by atoms with Gasteiger partial charge in [0.2, 0.25) is 5.91 Å². The number of nitriles is 1. The highest BCUT2D eigenvalue weighted by Gasteiger charge is 2.22. The molecule has 0 fully saturated rings. The number of carbonyl (C=O) groups excluding carboxylic acids is 1. The van der Waals surface area contributed by atoms with E-state index in [0.717, 1.165) is 29.1 Å². The Morgan fingerprint density at radius 3 is 3.00 bits per heavy atom. The van der Waals surface area contributed by atoms with Crippen LogP contribution in [0.5, 0.6) is 5.75 Å².